The fourth-order valence-corrected chi connectivity index (χ4v) is 2.86. The molecule has 2 aromatic carbocycles. The first-order valence-electron chi connectivity index (χ1n) is 8.01. The molecule has 0 bridgehead atoms. The molecule has 0 radical (unpaired) electrons. The predicted octanol–water partition coefficient (Wildman–Crippen LogP) is 5.28. The van der Waals surface area contributed by atoms with E-state index in [1.807, 2.05) is 31.3 Å². The van der Waals surface area contributed by atoms with Gasteiger partial charge in [0, 0.05) is 25.5 Å². The molecule has 0 spiro atoms. The molecule has 26 heavy (non-hydrogen) atoms. The van der Waals surface area contributed by atoms with Crippen LogP contribution in [0.3, 0.4) is 0 Å². The Balaban J connectivity index is 1.76. The zero-order valence-corrected chi connectivity index (χ0v) is 15.6. The van der Waals surface area contributed by atoms with Crippen molar-refractivity contribution in [2.75, 3.05) is 17.3 Å². The van der Waals surface area contributed by atoms with Gasteiger partial charge in [0.2, 0.25) is 0 Å². The van der Waals surface area contributed by atoms with E-state index >= 15 is 0 Å². The number of benzene rings is 2. The molecule has 0 atom stereocenters. The van der Waals surface area contributed by atoms with Gasteiger partial charge in [-0.3, -0.25) is 9.78 Å². The maximum absolute atomic E-state index is 12.5. The van der Waals surface area contributed by atoms with E-state index in [9.17, 15) is 4.79 Å². The average Bonchev–Trinajstić information content (AvgIpc) is 2.66. The highest BCUT2D eigenvalue weighted by molar-refractivity contribution is 6.44. The molecule has 0 fully saturated rings. The average molecular weight is 386 g/mol. The van der Waals surface area contributed by atoms with Crippen molar-refractivity contribution in [3.05, 3.63) is 88.2 Å². The summed E-state index contributed by atoms with van der Waals surface area (Å²) >= 11 is 12.1. The number of halogens is 2. The number of anilines is 2. The Morgan fingerprint density at radius 1 is 1.08 bits per heavy atom. The molecule has 0 aliphatic heterocycles. The summed E-state index contributed by atoms with van der Waals surface area (Å²) in [6.45, 7) is 0.728. The van der Waals surface area contributed by atoms with Gasteiger partial charge in [0.1, 0.15) is 5.69 Å². The Labute approximate surface area is 162 Å². The predicted molar refractivity (Wildman–Crippen MR) is 107 cm³/mol. The molecular weight excluding hydrogens is 369 g/mol. The molecule has 0 saturated heterocycles. The zero-order chi connectivity index (χ0) is 18.5. The van der Waals surface area contributed by atoms with E-state index in [0.29, 0.717) is 21.4 Å². The van der Waals surface area contributed by atoms with Crippen molar-refractivity contribution in [1.29, 1.82) is 0 Å². The van der Waals surface area contributed by atoms with Crippen molar-refractivity contribution in [1.82, 2.24) is 4.98 Å². The van der Waals surface area contributed by atoms with Crippen molar-refractivity contribution in [3.8, 4) is 0 Å². The van der Waals surface area contributed by atoms with Crippen LogP contribution in [0.4, 0.5) is 11.4 Å². The minimum Gasteiger partial charge on any atom is -0.370 e. The van der Waals surface area contributed by atoms with Gasteiger partial charge < -0.3 is 10.2 Å². The Kier molecular flexibility index (Phi) is 5.76. The van der Waals surface area contributed by atoms with Gasteiger partial charge >= 0.3 is 0 Å². The SMILES string of the molecule is CN(Cc1ccccc1)c1ccnc(C(=O)Nc2cccc(Cl)c2Cl)c1. The van der Waals surface area contributed by atoms with Gasteiger partial charge in [-0.15, -0.1) is 0 Å². The summed E-state index contributed by atoms with van der Waals surface area (Å²) in [4.78, 5) is 18.7. The minimum atomic E-state index is -0.343. The smallest absolute Gasteiger partial charge is 0.274 e. The Morgan fingerprint density at radius 2 is 1.85 bits per heavy atom. The van der Waals surface area contributed by atoms with Crippen molar-refractivity contribution in [2.24, 2.45) is 0 Å². The van der Waals surface area contributed by atoms with Crippen LogP contribution in [0.1, 0.15) is 16.1 Å². The van der Waals surface area contributed by atoms with Crippen LogP contribution in [0.2, 0.25) is 10.0 Å². The van der Waals surface area contributed by atoms with Gasteiger partial charge in [-0.2, -0.15) is 0 Å². The zero-order valence-electron chi connectivity index (χ0n) is 14.1. The summed E-state index contributed by atoms with van der Waals surface area (Å²) in [5.74, 6) is -0.343. The topological polar surface area (TPSA) is 45.2 Å². The highest BCUT2D eigenvalue weighted by Crippen LogP contribution is 2.29. The summed E-state index contributed by atoms with van der Waals surface area (Å²) in [5, 5.41) is 3.44. The molecule has 1 amide bonds. The molecule has 1 heterocycles. The number of amides is 1. The Morgan fingerprint density at radius 3 is 2.62 bits per heavy atom. The molecule has 3 aromatic rings. The number of hydrogen-bond acceptors (Lipinski definition) is 3. The molecule has 6 heteroatoms. The van der Waals surface area contributed by atoms with E-state index in [4.69, 9.17) is 23.2 Å². The molecule has 0 saturated carbocycles. The minimum absolute atomic E-state index is 0.304. The number of rotatable bonds is 5. The quantitative estimate of drug-likeness (QED) is 0.649. The normalized spacial score (nSPS) is 10.4. The summed E-state index contributed by atoms with van der Waals surface area (Å²) in [6, 6.07) is 18.8. The van der Waals surface area contributed by atoms with E-state index in [2.05, 4.69) is 27.3 Å². The third-order valence-electron chi connectivity index (χ3n) is 3.88. The van der Waals surface area contributed by atoms with Crippen molar-refractivity contribution < 1.29 is 4.79 Å². The Hall–Kier alpha value is -2.56. The van der Waals surface area contributed by atoms with Gasteiger partial charge in [0.15, 0.2) is 0 Å². The number of carbonyl (C=O) groups excluding carboxylic acids is 1. The fourth-order valence-electron chi connectivity index (χ4n) is 2.52. The monoisotopic (exact) mass is 385 g/mol. The van der Waals surface area contributed by atoms with Crippen LogP contribution in [0.5, 0.6) is 0 Å². The van der Waals surface area contributed by atoms with Gasteiger partial charge in [-0.25, -0.2) is 0 Å². The summed E-state index contributed by atoms with van der Waals surface area (Å²) in [6.07, 6.45) is 1.62. The fraction of sp³-hybridized carbons (Fsp3) is 0.100. The van der Waals surface area contributed by atoms with Crippen LogP contribution in [-0.2, 0) is 6.54 Å². The molecule has 132 valence electrons. The lowest BCUT2D eigenvalue weighted by molar-refractivity contribution is 0.102. The van der Waals surface area contributed by atoms with Gasteiger partial charge in [-0.05, 0) is 29.8 Å². The lowest BCUT2D eigenvalue weighted by atomic mass is 10.2. The lowest BCUT2D eigenvalue weighted by Gasteiger charge is -2.19. The molecule has 3 rings (SSSR count). The van der Waals surface area contributed by atoms with Crippen molar-refractivity contribution >= 4 is 40.5 Å². The van der Waals surface area contributed by atoms with Gasteiger partial charge in [-0.1, -0.05) is 59.6 Å². The van der Waals surface area contributed by atoms with E-state index in [-0.39, 0.29) is 5.91 Å². The summed E-state index contributed by atoms with van der Waals surface area (Å²) in [5.41, 5.74) is 2.84. The second-order valence-corrected chi connectivity index (χ2v) is 6.58. The van der Waals surface area contributed by atoms with E-state index in [1.165, 1.54) is 5.56 Å². The van der Waals surface area contributed by atoms with Crippen molar-refractivity contribution in [2.45, 2.75) is 6.54 Å². The third kappa shape index (κ3) is 4.34. The van der Waals surface area contributed by atoms with Crippen LogP contribution in [0.15, 0.2) is 66.9 Å². The van der Waals surface area contributed by atoms with Crippen molar-refractivity contribution in [3.63, 3.8) is 0 Å². The molecule has 0 aliphatic carbocycles. The number of nitrogens with zero attached hydrogens (tertiary/aromatic N) is 2. The van der Waals surface area contributed by atoms with Crippen LogP contribution >= 0.6 is 23.2 Å². The molecular formula is C20H17Cl2N3O. The number of aromatic nitrogens is 1. The number of carbonyl (C=O) groups is 1. The second-order valence-electron chi connectivity index (χ2n) is 5.80. The molecule has 4 nitrogen and oxygen atoms in total. The van der Waals surface area contributed by atoms with Crippen LogP contribution in [0.25, 0.3) is 0 Å². The summed E-state index contributed by atoms with van der Waals surface area (Å²) in [7, 11) is 1.97. The molecule has 0 unspecified atom stereocenters. The number of nitrogens with one attached hydrogen (secondary N) is 1. The van der Waals surface area contributed by atoms with E-state index in [1.54, 1.807) is 30.5 Å². The largest absolute Gasteiger partial charge is 0.370 e. The maximum Gasteiger partial charge on any atom is 0.274 e. The maximum atomic E-state index is 12.5. The number of pyridine rings is 1. The standard InChI is InChI=1S/C20H17Cl2N3O/c1-25(13-14-6-3-2-4-7-14)15-10-11-23-18(12-15)20(26)24-17-9-5-8-16(21)19(17)22/h2-12H,13H2,1H3,(H,24,26). The van der Waals surface area contributed by atoms with Gasteiger partial charge in [0.05, 0.1) is 15.7 Å². The first-order chi connectivity index (χ1) is 12.5. The van der Waals surface area contributed by atoms with Gasteiger partial charge in [0.25, 0.3) is 5.91 Å². The number of hydrogen-bond donors (Lipinski definition) is 1. The first kappa shape index (κ1) is 18.2. The highest BCUT2D eigenvalue weighted by Gasteiger charge is 2.13. The molecule has 1 N–H and O–H groups in total. The summed E-state index contributed by atoms with van der Waals surface area (Å²) < 4.78 is 0. The van der Waals surface area contributed by atoms with E-state index < -0.39 is 0 Å². The molecule has 0 aliphatic rings. The first-order valence-corrected chi connectivity index (χ1v) is 8.76. The lowest BCUT2D eigenvalue weighted by Crippen LogP contribution is -2.19. The highest BCUT2D eigenvalue weighted by atomic mass is 35.5. The van der Waals surface area contributed by atoms with Crippen LogP contribution in [-0.4, -0.2) is 17.9 Å². The van der Waals surface area contributed by atoms with Crippen LogP contribution in [0, 0.1) is 0 Å². The molecule has 1 aromatic heterocycles. The second kappa shape index (κ2) is 8.21. The van der Waals surface area contributed by atoms with Crippen LogP contribution < -0.4 is 10.2 Å². The third-order valence-corrected chi connectivity index (χ3v) is 4.70. The Bertz CT molecular complexity index is 916. The van der Waals surface area contributed by atoms with E-state index in [0.717, 1.165) is 12.2 Å².